The summed E-state index contributed by atoms with van der Waals surface area (Å²) >= 11 is 0. The highest BCUT2D eigenvalue weighted by molar-refractivity contribution is 5.45. The summed E-state index contributed by atoms with van der Waals surface area (Å²) in [5.74, 6) is 5.63. The second-order valence-corrected chi connectivity index (χ2v) is 9.87. The molecule has 0 saturated heterocycles. The Morgan fingerprint density at radius 3 is 1.11 bits per heavy atom. The zero-order valence-corrected chi connectivity index (χ0v) is 21.8. The molecule has 0 aromatic heterocycles. The SMILES string of the molecule is COc1ccc(Oc2ccc(C3(c4ccc(Oc5ccc(OC)cc5)cc4)CCC(C)CC3)cc2)cc1. The summed E-state index contributed by atoms with van der Waals surface area (Å²) in [5, 5.41) is 0. The van der Waals surface area contributed by atoms with Crippen LogP contribution < -0.4 is 18.9 Å². The number of benzene rings is 4. The van der Waals surface area contributed by atoms with Crippen LogP contribution in [0.25, 0.3) is 0 Å². The minimum Gasteiger partial charge on any atom is -0.497 e. The summed E-state index contributed by atoms with van der Waals surface area (Å²) < 4.78 is 22.6. The zero-order chi connectivity index (χ0) is 25.7. The highest BCUT2D eigenvalue weighted by Crippen LogP contribution is 2.47. The van der Waals surface area contributed by atoms with Crippen molar-refractivity contribution < 1.29 is 18.9 Å². The van der Waals surface area contributed by atoms with Crippen LogP contribution in [0.3, 0.4) is 0 Å². The number of hydrogen-bond donors (Lipinski definition) is 0. The third-order valence-electron chi connectivity index (χ3n) is 7.53. The number of ether oxygens (including phenoxy) is 4. The molecular formula is C33H34O4. The van der Waals surface area contributed by atoms with Gasteiger partial charge in [-0.15, -0.1) is 0 Å². The molecular weight excluding hydrogens is 460 g/mol. The molecule has 0 radical (unpaired) electrons. The minimum absolute atomic E-state index is 0.0101. The fourth-order valence-electron chi connectivity index (χ4n) is 5.24. The topological polar surface area (TPSA) is 36.9 Å². The molecule has 4 heteroatoms. The largest absolute Gasteiger partial charge is 0.497 e. The zero-order valence-electron chi connectivity index (χ0n) is 21.8. The summed E-state index contributed by atoms with van der Waals surface area (Å²) in [6, 6.07) is 32.6. The molecule has 0 spiro atoms. The lowest BCUT2D eigenvalue weighted by Crippen LogP contribution is -2.32. The Morgan fingerprint density at radius 1 is 0.486 bits per heavy atom. The average molecular weight is 495 g/mol. The monoisotopic (exact) mass is 494 g/mol. The Labute approximate surface area is 219 Å². The summed E-state index contributed by atoms with van der Waals surface area (Å²) in [6.07, 6.45) is 4.69. The molecule has 0 unspecified atom stereocenters. The Morgan fingerprint density at radius 2 is 0.784 bits per heavy atom. The first-order chi connectivity index (χ1) is 18.1. The van der Waals surface area contributed by atoms with E-state index >= 15 is 0 Å². The van der Waals surface area contributed by atoms with Gasteiger partial charge in [-0.25, -0.2) is 0 Å². The van der Waals surface area contributed by atoms with Crippen LogP contribution in [0.15, 0.2) is 97.1 Å². The van der Waals surface area contributed by atoms with Crippen molar-refractivity contribution in [2.75, 3.05) is 14.2 Å². The predicted octanol–water partition coefficient (Wildman–Crippen LogP) is 8.78. The van der Waals surface area contributed by atoms with Crippen LogP contribution in [-0.4, -0.2) is 14.2 Å². The van der Waals surface area contributed by atoms with E-state index in [-0.39, 0.29) is 5.41 Å². The van der Waals surface area contributed by atoms with E-state index < -0.39 is 0 Å². The maximum absolute atomic E-state index is 6.08. The second-order valence-electron chi connectivity index (χ2n) is 9.87. The van der Waals surface area contributed by atoms with E-state index in [1.165, 1.54) is 24.0 Å². The van der Waals surface area contributed by atoms with E-state index in [1.54, 1.807) is 14.2 Å². The van der Waals surface area contributed by atoms with Crippen LogP contribution in [0.2, 0.25) is 0 Å². The molecule has 0 bridgehead atoms. The summed E-state index contributed by atoms with van der Waals surface area (Å²) in [5.41, 5.74) is 2.67. The molecule has 1 aliphatic carbocycles. The van der Waals surface area contributed by atoms with Crippen molar-refractivity contribution in [3.05, 3.63) is 108 Å². The lowest BCUT2D eigenvalue weighted by atomic mass is 9.63. The first kappa shape index (κ1) is 24.8. The molecule has 1 fully saturated rings. The van der Waals surface area contributed by atoms with Crippen LogP contribution in [0.1, 0.15) is 43.7 Å². The van der Waals surface area contributed by atoms with Crippen molar-refractivity contribution >= 4 is 0 Å². The van der Waals surface area contributed by atoms with Crippen molar-refractivity contribution in [3.8, 4) is 34.5 Å². The van der Waals surface area contributed by atoms with Crippen LogP contribution in [0.4, 0.5) is 0 Å². The van der Waals surface area contributed by atoms with Gasteiger partial charge >= 0.3 is 0 Å². The minimum atomic E-state index is -0.0101. The lowest BCUT2D eigenvalue weighted by molar-refractivity contribution is 0.280. The third-order valence-corrected chi connectivity index (χ3v) is 7.53. The number of hydrogen-bond acceptors (Lipinski definition) is 4. The van der Waals surface area contributed by atoms with Crippen LogP contribution >= 0.6 is 0 Å². The van der Waals surface area contributed by atoms with Gasteiger partial charge in [0.2, 0.25) is 0 Å². The Hall–Kier alpha value is -3.92. The lowest BCUT2D eigenvalue weighted by Gasteiger charge is -2.41. The van der Waals surface area contributed by atoms with Crippen molar-refractivity contribution in [2.45, 2.75) is 38.0 Å². The fraction of sp³-hybridized carbons (Fsp3) is 0.273. The van der Waals surface area contributed by atoms with Gasteiger partial charge in [0.05, 0.1) is 14.2 Å². The molecule has 0 amide bonds. The molecule has 0 aliphatic heterocycles. The van der Waals surface area contributed by atoms with Crippen molar-refractivity contribution in [2.24, 2.45) is 5.92 Å². The Bertz CT molecular complexity index is 1170. The normalized spacial score (nSPS) is 15.1. The van der Waals surface area contributed by atoms with E-state index in [2.05, 4.69) is 55.5 Å². The first-order valence-corrected chi connectivity index (χ1v) is 12.9. The first-order valence-electron chi connectivity index (χ1n) is 12.9. The van der Waals surface area contributed by atoms with Crippen molar-refractivity contribution in [1.29, 1.82) is 0 Å². The van der Waals surface area contributed by atoms with E-state index in [0.717, 1.165) is 53.3 Å². The quantitative estimate of drug-likeness (QED) is 0.245. The Balaban J connectivity index is 1.36. The highest BCUT2D eigenvalue weighted by Gasteiger charge is 2.37. The van der Waals surface area contributed by atoms with E-state index in [9.17, 15) is 0 Å². The van der Waals surface area contributed by atoms with Crippen molar-refractivity contribution in [1.82, 2.24) is 0 Å². The van der Waals surface area contributed by atoms with Crippen LogP contribution in [0.5, 0.6) is 34.5 Å². The maximum atomic E-state index is 6.08. The van der Waals surface area contributed by atoms with Gasteiger partial charge in [-0.05, 0) is 116 Å². The summed E-state index contributed by atoms with van der Waals surface area (Å²) in [4.78, 5) is 0. The molecule has 0 N–H and O–H groups in total. The Kier molecular flexibility index (Phi) is 7.36. The van der Waals surface area contributed by atoms with Gasteiger partial charge in [-0.1, -0.05) is 31.2 Å². The molecule has 5 rings (SSSR count). The smallest absolute Gasteiger partial charge is 0.127 e. The molecule has 4 aromatic rings. The van der Waals surface area contributed by atoms with Gasteiger partial charge in [0, 0.05) is 5.41 Å². The highest BCUT2D eigenvalue weighted by atomic mass is 16.5. The second kappa shape index (κ2) is 11.0. The molecule has 0 atom stereocenters. The fourth-order valence-corrected chi connectivity index (χ4v) is 5.24. The van der Waals surface area contributed by atoms with E-state index in [0.29, 0.717) is 0 Å². The maximum Gasteiger partial charge on any atom is 0.127 e. The van der Waals surface area contributed by atoms with Gasteiger partial charge in [0.15, 0.2) is 0 Å². The van der Waals surface area contributed by atoms with Gasteiger partial charge in [0.1, 0.15) is 34.5 Å². The summed E-state index contributed by atoms with van der Waals surface area (Å²) in [7, 11) is 3.33. The molecule has 4 nitrogen and oxygen atoms in total. The van der Waals surface area contributed by atoms with E-state index in [4.69, 9.17) is 18.9 Å². The van der Waals surface area contributed by atoms with Crippen LogP contribution in [-0.2, 0) is 5.41 Å². The molecule has 1 aliphatic rings. The standard InChI is InChI=1S/C33H34O4/c1-24-20-22-33(23-21-24,25-4-8-29(9-5-25)36-31-16-12-27(34-2)13-17-31)26-6-10-30(11-7-26)37-32-18-14-28(35-3)15-19-32/h4-19,24H,20-23H2,1-3H3. The summed E-state index contributed by atoms with van der Waals surface area (Å²) in [6.45, 7) is 2.36. The predicted molar refractivity (Wildman–Crippen MR) is 147 cm³/mol. The van der Waals surface area contributed by atoms with Crippen LogP contribution in [0, 0.1) is 5.92 Å². The number of methoxy groups -OCH3 is 2. The van der Waals surface area contributed by atoms with Crippen molar-refractivity contribution in [3.63, 3.8) is 0 Å². The third kappa shape index (κ3) is 5.59. The van der Waals surface area contributed by atoms with Gasteiger partial charge in [0.25, 0.3) is 0 Å². The molecule has 0 heterocycles. The van der Waals surface area contributed by atoms with Gasteiger partial charge in [-0.3, -0.25) is 0 Å². The molecule has 37 heavy (non-hydrogen) atoms. The van der Waals surface area contributed by atoms with E-state index in [1.807, 2.05) is 48.5 Å². The van der Waals surface area contributed by atoms with Gasteiger partial charge in [-0.2, -0.15) is 0 Å². The molecule has 190 valence electrons. The molecule has 1 saturated carbocycles. The van der Waals surface area contributed by atoms with Gasteiger partial charge < -0.3 is 18.9 Å². The number of rotatable bonds is 8. The molecule has 4 aromatic carbocycles. The average Bonchev–Trinajstić information content (AvgIpc) is 2.95.